The Morgan fingerprint density at radius 1 is 1.39 bits per heavy atom. The van der Waals surface area contributed by atoms with E-state index in [1.165, 1.54) is 0 Å². The van der Waals surface area contributed by atoms with Crippen LogP contribution in [-0.4, -0.2) is 23.9 Å². The van der Waals surface area contributed by atoms with Crippen LogP contribution in [0.4, 0.5) is 5.69 Å². The van der Waals surface area contributed by atoms with Crippen LogP contribution >= 0.6 is 11.3 Å². The van der Waals surface area contributed by atoms with Crippen molar-refractivity contribution in [2.75, 3.05) is 11.4 Å². The van der Waals surface area contributed by atoms with E-state index < -0.39 is 5.54 Å². The minimum atomic E-state index is -0.741. The minimum absolute atomic E-state index is 0.0109. The number of hydrogen-bond donors (Lipinski definition) is 1. The van der Waals surface area contributed by atoms with Gasteiger partial charge in [-0.15, -0.1) is 0 Å². The smallest absolute Gasteiger partial charge is 0.252 e. The SMILES string of the molecule is CCC1(CC)NC(=O)CCN(c2ccsc2)C1=O. The largest absolute Gasteiger partial charge is 0.342 e. The Bertz CT molecular complexity index is 438. The summed E-state index contributed by atoms with van der Waals surface area (Å²) in [6.45, 7) is 4.35. The molecule has 0 atom stereocenters. The molecule has 0 bridgehead atoms. The van der Waals surface area contributed by atoms with Crippen molar-refractivity contribution in [2.45, 2.75) is 38.6 Å². The third kappa shape index (κ3) is 2.14. The molecule has 1 N–H and O–H groups in total. The molecular formula is C13H18N2O2S. The van der Waals surface area contributed by atoms with Crippen molar-refractivity contribution in [3.05, 3.63) is 16.8 Å². The first-order valence-corrected chi connectivity index (χ1v) is 7.22. The van der Waals surface area contributed by atoms with Gasteiger partial charge in [-0.3, -0.25) is 9.59 Å². The molecule has 98 valence electrons. The molecule has 2 heterocycles. The summed E-state index contributed by atoms with van der Waals surface area (Å²) in [4.78, 5) is 26.2. The normalized spacial score (nSPS) is 19.6. The van der Waals surface area contributed by atoms with Crippen LogP contribution in [0.1, 0.15) is 33.1 Å². The van der Waals surface area contributed by atoms with E-state index in [0.29, 0.717) is 25.8 Å². The van der Waals surface area contributed by atoms with Crippen LogP contribution in [0.25, 0.3) is 0 Å². The molecule has 0 unspecified atom stereocenters. The van der Waals surface area contributed by atoms with Gasteiger partial charge in [0.2, 0.25) is 5.91 Å². The summed E-state index contributed by atoms with van der Waals surface area (Å²) in [6, 6.07) is 1.93. The third-order valence-corrected chi connectivity index (χ3v) is 4.29. The Labute approximate surface area is 111 Å². The van der Waals surface area contributed by atoms with Gasteiger partial charge in [-0.1, -0.05) is 13.8 Å². The molecule has 1 fully saturated rings. The van der Waals surface area contributed by atoms with Gasteiger partial charge in [0, 0.05) is 18.3 Å². The molecule has 1 aromatic rings. The van der Waals surface area contributed by atoms with Gasteiger partial charge in [-0.2, -0.15) is 11.3 Å². The van der Waals surface area contributed by atoms with Crippen LogP contribution in [0.2, 0.25) is 0 Å². The molecule has 2 amide bonds. The molecule has 1 aromatic heterocycles. The summed E-state index contributed by atoms with van der Waals surface area (Å²) in [7, 11) is 0. The summed E-state index contributed by atoms with van der Waals surface area (Å²) in [6.07, 6.45) is 1.60. The molecular weight excluding hydrogens is 248 g/mol. The molecule has 0 radical (unpaired) electrons. The van der Waals surface area contributed by atoms with E-state index in [-0.39, 0.29) is 11.8 Å². The Hall–Kier alpha value is -1.36. The average Bonchev–Trinajstić information content (AvgIpc) is 2.86. The fourth-order valence-corrected chi connectivity index (χ4v) is 2.98. The number of carbonyl (C=O) groups excluding carboxylic acids is 2. The molecule has 1 aliphatic heterocycles. The van der Waals surface area contributed by atoms with Crippen molar-refractivity contribution in [2.24, 2.45) is 0 Å². The maximum Gasteiger partial charge on any atom is 0.252 e. The van der Waals surface area contributed by atoms with Crippen molar-refractivity contribution in [1.29, 1.82) is 0 Å². The molecule has 1 aliphatic rings. The topological polar surface area (TPSA) is 49.4 Å². The fraction of sp³-hybridized carbons (Fsp3) is 0.538. The van der Waals surface area contributed by atoms with Gasteiger partial charge in [0.15, 0.2) is 0 Å². The van der Waals surface area contributed by atoms with E-state index in [0.717, 1.165) is 5.69 Å². The second kappa shape index (κ2) is 5.10. The van der Waals surface area contributed by atoms with Gasteiger partial charge in [0.25, 0.3) is 5.91 Å². The summed E-state index contributed by atoms with van der Waals surface area (Å²) in [5.41, 5.74) is 0.156. The second-order valence-corrected chi connectivity index (χ2v) is 5.31. The van der Waals surface area contributed by atoms with Crippen molar-refractivity contribution < 1.29 is 9.59 Å². The molecule has 5 heteroatoms. The molecule has 4 nitrogen and oxygen atoms in total. The number of hydrogen-bond acceptors (Lipinski definition) is 3. The van der Waals surface area contributed by atoms with Gasteiger partial charge in [0.1, 0.15) is 5.54 Å². The standard InChI is InChI=1S/C13H18N2O2S/c1-3-13(4-2)12(17)15(7-5-11(16)14-13)10-6-8-18-9-10/h6,8-9H,3-5,7H2,1-2H3,(H,14,16). The number of rotatable bonds is 3. The number of thiophene rings is 1. The predicted octanol–water partition coefficient (Wildman–Crippen LogP) is 2.16. The Morgan fingerprint density at radius 2 is 2.11 bits per heavy atom. The molecule has 0 saturated carbocycles. The van der Waals surface area contributed by atoms with E-state index in [1.54, 1.807) is 16.2 Å². The Balaban J connectivity index is 2.38. The molecule has 0 spiro atoms. The van der Waals surface area contributed by atoms with Gasteiger partial charge < -0.3 is 10.2 Å². The first-order valence-electron chi connectivity index (χ1n) is 6.28. The van der Waals surface area contributed by atoms with Crippen LogP contribution in [0, 0.1) is 0 Å². The highest BCUT2D eigenvalue weighted by atomic mass is 32.1. The lowest BCUT2D eigenvalue weighted by Crippen LogP contribution is -2.56. The first kappa shape index (κ1) is 13.1. The first-order chi connectivity index (χ1) is 8.63. The lowest BCUT2D eigenvalue weighted by molar-refractivity contribution is -0.130. The number of nitrogens with zero attached hydrogens (tertiary/aromatic N) is 1. The third-order valence-electron chi connectivity index (χ3n) is 3.62. The van der Waals surface area contributed by atoms with Crippen molar-refractivity contribution >= 4 is 28.8 Å². The number of anilines is 1. The zero-order chi connectivity index (χ0) is 13.2. The highest BCUT2D eigenvalue weighted by Crippen LogP contribution is 2.27. The molecule has 1 saturated heterocycles. The molecule has 18 heavy (non-hydrogen) atoms. The number of nitrogens with one attached hydrogen (secondary N) is 1. The maximum absolute atomic E-state index is 12.7. The van der Waals surface area contributed by atoms with Crippen LogP contribution in [-0.2, 0) is 9.59 Å². The summed E-state index contributed by atoms with van der Waals surface area (Å²) >= 11 is 1.56. The quantitative estimate of drug-likeness (QED) is 0.911. The van der Waals surface area contributed by atoms with Crippen LogP contribution < -0.4 is 10.2 Å². The van der Waals surface area contributed by atoms with Crippen molar-refractivity contribution in [1.82, 2.24) is 5.32 Å². The van der Waals surface area contributed by atoms with Crippen molar-refractivity contribution in [3.8, 4) is 0 Å². The predicted molar refractivity (Wildman–Crippen MR) is 72.7 cm³/mol. The lowest BCUT2D eigenvalue weighted by Gasteiger charge is -2.33. The second-order valence-electron chi connectivity index (χ2n) is 4.53. The van der Waals surface area contributed by atoms with Gasteiger partial charge in [0.05, 0.1) is 5.69 Å². The maximum atomic E-state index is 12.7. The number of amides is 2. The van der Waals surface area contributed by atoms with Crippen LogP contribution in [0.3, 0.4) is 0 Å². The zero-order valence-corrected chi connectivity index (χ0v) is 11.5. The van der Waals surface area contributed by atoms with E-state index in [4.69, 9.17) is 0 Å². The molecule has 0 aromatic carbocycles. The van der Waals surface area contributed by atoms with Gasteiger partial charge in [-0.05, 0) is 24.3 Å². The van der Waals surface area contributed by atoms with Crippen LogP contribution in [0.15, 0.2) is 16.8 Å². The number of carbonyl (C=O) groups is 2. The monoisotopic (exact) mass is 266 g/mol. The van der Waals surface area contributed by atoms with E-state index in [1.807, 2.05) is 30.7 Å². The summed E-state index contributed by atoms with van der Waals surface area (Å²) in [5, 5.41) is 6.80. The average molecular weight is 266 g/mol. The fourth-order valence-electron chi connectivity index (χ4n) is 2.34. The highest BCUT2D eigenvalue weighted by molar-refractivity contribution is 7.08. The summed E-state index contributed by atoms with van der Waals surface area (Å²) < 4.78 is 0. The van der Waals surface area contributed by atoms with Crippen molar-refractivity contribution in [3.63, 3.8) is 0 Å². The highest BCUT2D eigenvalue weighted by Gasteiger charge is 2.42. The lowest BCUT2D eigenvalue weighted by atomic mass is 9.91. The zero-order valence-electron chi connectivity index (χ0n) is 10.7. The van der Waals surface area contributed by atoms with Gasteiger partial charge in [-0.25, -0.2) is 0 Å². The Morgan fingerprint density at radius 3 is 2.67 bits per heavy atom. The van der Waals surface area contributed by atoms with Gasteiger partial charge >= 0.3 is 0 Å². The Kier molecular flexibility index (Phi) is 3.71. The van der Waals surface area contributed by atoms with E-state index in [2.05, 4.69) is 5.32 Å². The molecule has 2 rings (SSSR count). The van der Waals surface area contributed by atoms with E-state index >= 15 is 0 Å². The summed E-state index contributed by atoms with van der Waals surface area (Å²) in [5.74, 6) is -0.0264. The molecule has 0 aliphatic carbocycles. The van der Waals surface area contributed by atoms with Crippen LogP contribution in [0.5, 0.6) is 0 Å². The minimum Gasteiger partial charge on any atom is -0.342 e. The van der Waals surface area contributed by atoms with E-state index in [9.17, 15) is 9.59 Å².